The highest BCUT2D eigenvalue weighted by Gasteiger charge is 2.03. The van der Waals surface area contributed by atoms with E-state index in [1.807, 2.05) is 7.05 Å². The fourth-order valence-corrected chi connectivity index (χ4v) is 2.48. The van der Waals surface area contributed by atoms with Crippen molar-refractivity contribution in [2.75, 3.05) is 26.8 Å². The van der Waals surface area contributed by atoms with E-state index < -0.39 is 0 Å². The predicted molar refractivity (Wildman–Crippen MR) is 80.1 cm³/mol. The van der Waals surface area contributed by atoms with Crippen LogP contribution >= 0.6 is 15.9 Å². The van der Waals surface area contributed by atoms with Gasteiger partial charge in [0.05, 0.1) is 13.2 Å². The smallest absolute Gasteiger partial charge is 0.0590 e. The molecule has 1 N–H and O–H groups in total. The number of hydrogen-bond acceptors (Lipinski definition) is 2. The number of hydrogen-bond donors (Lipinski definition) is 1. The first-order valence-corrected chi connectivity index (χ1v) is 7.00. The molecule has 0 saturated heterocycles. The van der Waals surface area contributed by atoms with Crippen LogP contribution in [0.15, 0.2) is 40.9 Å². The molecule has 0 aliphatic rings. The molecule has 3 heteroatoms. The first-order chi connectivity index (χ1) is 8.83. The maximum Gasteiger partial charge on any atom is 0.0590 e. The van der Waals surface area contributed by atoms with Crippen LogP contribution in [0.5, 0.6) is 0 Å². The largest absolute Gasteiger partial charge is 0.380 e. The van der Waals surface area contributed by atoms with Crippen LogP contribution in [0.25, 0.3) is 10.8 Å². The molecular formula is C15H18BrNO. The lowest BCUT2D eigenvalue weighted by Crippen LogP contribution is -2.15. The van der Waals surface area contributed by atoms with Gasteiger partial charge in [0.2, 0.25) is 0 Å². The predicted octanol–water partition coefficient (Wildman–Crippen LogP) is 3.38. The van der Waals surface area contributed by atoms with Crippen molar-refractivity contribution in [3.63, 3.8) is 0 Å². The summed E-state index contributed by atoms with van der Waals surface area (Å²) in [6.45, 7) is 2.44. The SMILES string of the molecule is CNCCOCCc1ccc(Br)c2ccccc12. The summed E-state index contributed by atoms with van der Waals surface area (Å²) in [5, 5.41) is 5.65. The third-order valence-electron chi connectivity index (χ3n) is 2.97. The molecule has 96 valence electrons. The molecule has 0 heterocycles. The van der Waals surface area contributed by atoms with Crippen molar-refractivity contribution >= 4 is 26.7 Å². The van der Waals surface area contributed by atoms with Crippen LogP contribution in [0.4, 0.5) is 0 Å². The van der Waals surface area contributed by atoms with Gasteiger partial charge in [-0.3, -0.25) is 0 Å². The van der Waals surface area contributed by atoms with Crippen molar-refractivity contribution in [1.29, 1.82) is 0 Å². The molecule has 2 nitrogen and oxygen atoms in total. The van der Waals surface area contributed by atoms with Crippen molar-refractivity contribution in [1.82, 2.24) is 5.32 Å². The highest BCUT2D eigenvalue weighted by molar-refractivity contribution is 9.10. The van der Waals surface area contributed by atoms with Gasteiger partial charge < -0.3 is 10.1 Å². The van der Waals surface area contributed by atoms with Crippen molar-refractivity contribution in [2.24, 2.45) is 0 Å². The van der Waals surface area contributed by atoms with Gasteiger partial charge in [-0.25, -0.2) is 0 Å². The molecule has 0 amide bonds. The second-order valence-corrected chi connectivity index (χ2v) is 5.07. The quantitative estimate of drug-likeness (QED) is 0.826. The summed E-state index contributed by atoms with van der Waals surface area (Å²) >= 11 is 3.59. The average molecular weight is 308 g/mol. The Labute approximate surface area is 116 Å². The molecule has 0 aliphatic heterocycles. The Hall–Kier alpha value is -0.900. The molecule has 0 bridgehead atoms. The van der Waals surface area contributed by atoms with E-state index in [-0.39, 0.29) is 0 Å². The first kappa shape index (κ1) is 13.5. The van der Waals surface area contributed by atoms with Crippen molar-refractivity contribution in [3.05, 3.63) is 46.4 Å². The molecule has 0 fully saturated rings. The molecule has 0 spiro atoms. The van der Waals surface area contributed by atoms with E-state index in [1.165, 1.54) is 16.3 Å². The van der Waals surface area contributed by atoms with E-state index in [2.05, 4.69) is 57.6 Å². The van der Waals surface area contributed by atoms with Crippen LogP contribution in [0.1, 0.15) is 5.56 Å². The topological polar surface area (TPSA) is 21.3 Å². The standard InChI is InChI=1S/C15H18BrNO/c1-17-9-11-18-10-8-12-6-7-15(16)14-5-3-2-4-13(12)14/h2-7,17H,8-11H2,1H3. The Morgan fingerprint density at radius 3 is 2.61 bits per heavy atom. The molecule has 0 radical (unpaired) electrons. The highest BCUT2D eigenvalue weighted by Crippen LogP contribution is 2.26. The fraction of sp³-hybridized carbons (Fsp3) is 0.333. The highest BCUT2D eigenvalue weighted by atomic mass is 79.9. The van der Waals surface area contributed by atoms with Gasteiger partial charge >= 0.3 is 0 Å². The van der Waals surface area contributed by atoms with E-state index >= 15 is 0 Å². The molecule has 0 aliphatic carbocycles. The number of halogens is 1. The van der Waals surface area contributed by atoms with Gasteiger partial charge in [-0.2, -0.15) is 0 Å². The minimum absolute atomic E-state index is 0.769. The van der Waals surface area contributed by atoms with E-state index in [1.54, 1.807) is 0 Å². The molecule has 0 unspecified atom stereocenters. The van der Waals surface area contributed by atoms with Crippen molar-refractivity contribution in [3.8, 4) is 0 Å². The lowest BCUT2D eigenvalue weighted by atomic mass is 10.0. The van der Waals surface area contributed by atoms with E-state index in [0.717, 1.165) is 30.7 Å². The number of benzene rings is 2. The zero-order chi connectivity index (χ0) is 12.8. The van der Waals surface area contributed by atoms with Gasteiger partial charge in [0.15, 0.2) is 0 Å². The molecule has 18 heavy (non-hydrogen) atoms. The van der Waals surface area contributed by atoms with Gasteiger partial charge in [-0.1, -0.05) is 46.3 Å². The van der Waals surface area contributed by atoms with Gasteiger partial charge in [0.25, 0.3) is 0 Å². The molecule has 2 aromatic rings. The summed E-state index contributed by atoms with van der Waals surface area (Å²) in [6, 6.07) is 12.8. The van der Waals surface area contributed by atoms with E-state index in [4.69, 9.17) is 4.74 Å². The summed E-state index contributed by atoms with van der Waals surface area (Å²) in [5.41, 5.74) is 1.35. The maximum atomic E-state index is 5.58. The summed E-state index contributed by atoms with van der Waals surface area (Å²) in [6.07, 6.45) is 0.956. The zero-order valence-corrected chi connectivity index (χ0v) is 12.2. The third kappa shape index (κ3) is 3.31. The number of nitrogens with one attached hydrogen (secondary N) is 1. The Balaban J connectivity index is 2.07. The molecule has 0 aromatic heterocycles. The van der Waals surface area contributed by atoms with Crippen LogP contribution in [-0.4, -0.2) is 26.8 Å². The first-order valence-electron chi connectivity index (χ1n) is 6.21. The zero-order valence-electron chi connectivity index (χ0n) is 10.6. The van der Waals surface area contributed by atoms with Crippen LogP contribution in [0, 0.1) is 0 Å². The Kier molecular flexibility index (Phi) is 5.17. The van der Waals surface area contributed by atoms with Crippen LogP contribution < -0.4 is 5.32 Å². The molecule has 2 aromatic carbocycles. The fourth-order valence-electron chi connectivity index (χ4n) is 2.00. The van der Waals surface area contributed by atoms with Crippen molar-refractivity contribution < 1.29 is 4.74 Å². The Bertz CT molecular complexity index is 513. The number of rotatable bonds is 6. The summed E-state index contributed by atoms with van der Waals surface area (Å²) in [4.78, 5) is 0. The van der Waals surface area contributed by atoms with Gasteiger partial charge in [0, 0.05) is 11.0 Å². The second kappa shape index (κ2) is 6.88. The van der Waals surface area contributed by atoms with E-state index in [0.29, 0.717) is 0 Å². The maximum absolute atomic E-state index is 5.58. The van der Waals surface area contributed by atoms with E-state index in [9.17, 15) is 0 Å². The van der Waals surface area contributed by atoms with Crippen LogP contribution in [-0.2, 0) is 11.2 Å². The summed E-state index contributed by atoms with van der Waals surface area (Å²) in [7, 11) is 1.94. The monoisotopic (exact) mass is 307 g/mol. The summed E-state index contributed by atoms with van der Waals surface area (Å²) < 4.78 is 6.73. The summed E-state index contributed by atoms with van der Waals surface area (Å²) in [5.74, 6) is 0. The molecule has 2 rings (SSSR count). The average Bonchev–Trinajstić information content (AvgIpc) is 2.41. The number of likely N-dealkylation sites (N-methyl/N-ethyl adjacent to an activating group) is 1. The number of ether oxygens (including phenoxy) is 1. The molecule has 0 atom stereocenters. The lowest BCUT2D eigenvalue weighted by molar-refractivity contribution is 0.140. The molecule has 0 saturated carbocycles. The lowest BCUT2D eigenvalue weighted by Gasteiger charge is -2.09. The Morgan fingerprint density at radius 2 is 1.83 bits per heavy atom. The molecular weight excluding hydrogens is 290 g/mol. The van der Waals surface area contributed by atoms with Gasteiger partial charge in [0.1, 0.15) is 0 Å². The van der Waals surface area contributed by atoms with Crippen molar-refractivity contribution in [2.45, 2.75) is 6.42 Å². The third-order valence-corrected chi connectivity index (χ3v) is 3.66. The van der Waals surface area contributed by atoms with Gasteiger partial charge in [-0.15, -0.1) is 0 Å². The second-order valence-electron chi connectivity index (χ2n) is 4.22. The van der Waals surface area contributed by atoms with Crippen LogP contribution in [0.2, 0.25) is 0 Å². The number of fused-ring (bicyclic) bond motifs is 1. The van der Waals surface area contributed by atoms with Crippen LogP contribution in [0.3, 0.4) is 0 Å². The minimum Gasteiger partial charge on any atom is -0.380 e. The Morgan fingerprint density at radius 1 is 1.06 bits per heavy atom. The normalized spacial score (nSPS) is 11.0. The minimum atomic E-state index is 0.769. The van der Waals surface area contributed by atoms with Gasteiger partial charge in [-0.05, 0) is 35.9 Å².